The molecule has 0 aromatic rings. The van der Waals surface area contributed by atoms with Gasteiger partial charge in [0, 0.05) is 58.9 Å². The van der Waals surface area contributed by atoms with Crippen LogP contribution in [0.5, 0.6) is 0 Å². The molecule has 0 aromatic heterocycles. The molecule has 26 heavy (non-hydrogen) atoms. The molecule has 5 heteroatoms. The van der Waals surface area contributed by atoms with Crippen LogP contribution in [-0.2, 0) is 0 Å². The summed E-state index contributed by atoms with van der Waals surface area (Å²) in [5, 5.41) is 3.71. The van der Waals surface area contributed by atoms with Gasteiger partial charge in [0.15, 0.2) is 5.96 Å². The quantitative estimate of drug-likeness (QED) is 0.617. The van der Waals surface area contributed by atoms with E-state index >= 15 is 0 Å². The summed E-state index contributed by atoms with van der Waals surface area (Å²) in [6.07, 6.45) is 11.4. The number of likely N-dealkylation sites (tertiary alicyclic amines) is 1. The highest BCUT2D eigenvalue weighted by atomic mass is 15.3. The maximum absolute atomic E-state index is 4.65. The number of rotatable bonds is 3. The van der Waals surface area contributed by atoms with Crippen LogP contribution in [0, 0.1) is 5.41 Å². The molecule has 0 amide bonds. The van der Waals surface area contributed by atoms with Gasteiger partial charge in [-0.25, -0.2) is 0 Å². The van der Waals surface area contributed by atoms with E-state index in [0.29, 0.717) is 11.5 Å². The van der Waals surface area contributed by atoms with E-state index in [0.717, 1.165) is 12.5 Å². The molecule has 3 rings (SSSR count). The van der Waals surface area contributed by atoms with Gasteiger partial charge in [-0.15, -0.1) is 0 Å². The van der Waals surface area contributed by atoms with Crippen LogP contribution in [0.1, 0.15) is 58.3 Å². The third-order valence-corrected chi connectivity index (χ3v) is 7.05. The second-order valence-corrected chi connectivity index (χ2v) is 9.06. The monoisotopic (exact) mass is 363 g/mol. The molecule has 1 spiro atoms. The van der Waals surface area contributed by atoms with Crippen molar-refractivity contribution in [3.8, 4) is 0 Å². The number of piperazine rings is 1. The fourth-order valence-corrected chi connectivity index (χ4v) is 5.24. The molecule has 0 radical (unpaired) electrons. The van der Waals surface area contributed by atoms with Crippen molar-refractivity contribution in [1.29, 1.82) is 0 Å². The van der Waals surface area contributed by atoms with Gasteiger partial charge in [0.2, 0.25) is 0 Å². The largest absolute Gasteiger partial charge is 0.355 e. The zero-order valence-electron chi connectivity index (χ0n) is 17.5. The summed E-state index contributed by atoms with van der Waals surface area (Å²) in [7, 11) is 4.18. The summed E-state index contributed by atoms with van der Waals surface area (Å²) in [6, 6.07) is 0.567. The summed E-state index contributed by atoms with van der Waals surface area (Å²) < 4.78 is 0. The maximum Gasteiger partial charge on any atom is 0.193 e. The number of likely N-dealkylation sites (N-methyl/N-ethyl adjacent to an activating group) is 1. The van der Waals surface area contributed by atoms with E-state index in [1.54, 1.807) is 0 Å². The highest BCUT2D eigenvalue weighted by Crippen LogP contribution is 2.42. The summed E-state index contributed by atoms with van der Waals surface area (Å²) in [5.74, 6) is 1.13. The zero-order chi connectivity index (χ0) is 18.4. The van der Waals surface area contributed by atoms with Crippen LogP contribution in [0.25, 0.3) is 0 Å². The highest BCUT2D eigenvalue weighted by Gasteiger charge is 2.36. The van der Waals surface area contributed by atoms with Crippen LogP contribution in [-0.4, -0.2) is 86.6 Å². The smallest absolute Gasteiger partial charge is 0.193 e. The first-order chi connectivity index (χ1) is 12.6. The van der Waals surface area contributed by atoms with Crippen molar-refractivity contribution in [2.45, 2.75) is 64.3 Å². The number of nitrogens with zero attached hydrogens (tertiary/aromatic N) is 4. The lowest BCUT2D eigenvalue weighted by atomic mass is 9.74. The third-order valence-electron chi connectivity index (χ3n) is 7.05. The number of piperidine rings is 1. The van der Waals surface area contributed by atoms with Gasteiger partial charge in [0.1, 0.15) is 0 Å². The van der Waals surface area contributed by atoms with Crippen LogP contribution in [0.3, 0.4) is 0 Å². The Kier molecular flexibility index (Phi) is 7.21. The molecule has 0 bridgehead atoms. The van der Waals surface area contributed by atoms with E-state index in [1.165, 1.54) is 90.6 Å². The predicted octanol–water partition coefficient (Wildman–Crippen LogP) is 2.63. The van der Waals surface area contributed by atoms with Gasteiger partial charge >= 0.3 is 0 Å². The predicted molar refractivity (Wildman–Crippen MR) is 111 cm³/mol. The second-order valence-electron chi connectivity index (χ2n) is 9.06. The van der Waals surface area contributed by atoms with E-state index < -0.39 is 0 Å². The summed E-state index contributed by atoms with van der Waals surface area (Å²) >= 11 is 0. The number of hydrogen-bond donors (Lipinski definition) is 1. The molecule has 1 N–H and O–H groups in total. The van der Waals surface area contributed by atoms with E-state index in [-0.39, 0.29) is 0 Å². The number of hydrogen-bond acceptors (Lipinski definition) is 3. The number of nitrogens with one attached hydrogen (secondary N) is 1. The Bertz CT molecular complexity index is 447. The Morgan fingerprint density at radius 2 is 1.62 bits per heavy atom. The molecule has 1 unspecified atom stereocenters. The van der Waals surface area contributed by atoms with Crippen molar-refractivity contribution < 1.29 is 0 Å². The van der Waals surface area contributed by atoms with Gasteiger partial charge in [0.05, 0.1) is 0 Å². The van der Waals surface area contributed by atoms with Crippen molar-refractivity contribution in [1.82, 2.24) is 20.0 Å². The molecule has 3 fully saturated rings. The lowest BCUT2D eigenvalue weighted by molar-refractivity contribution is 0.110. The Balaban J connectivity index is 1.51. The average Bonchev–Trinajstić information content (AvgIpc) is 2.88. The second kappa shape index (κ2) is 9.41. The maximum atomic E-state index is 4.65. The van der Waals surface area contributed by atoms with Crippen LogP contribution < -0.4 is 5.32 Å². The van der Waals surface area contributed by atoms with Crippen LogP contribution >= 0.6 is 0 Å². The Labute approximate surface area is 161 Å². The van der Waals surface area contributed by atoms with E-state index in [1.807, 2.05) is 7.05 Å². The SMILES string of the molecule is CN=C(NCC(C)N1CCN(C)CC1)N1CCCC2(CCCCCC2)C1. The van der Waals surface area contributed by atoms with E-state index in [9.17, 15) is 0 Å². The van der Waals surface area contributed by atoms with E-state index in [4.69, 9.17) is 0 Å². The Morgan fingerprint density at radius 1 is 0.962 bits per heavy atom. The minimum atomic E-state index is 0.565. The minimum Gasteiger partial charge on any atom is -0.355 e. The van der Waals surface area contributed by atoms with Gasteiger partial charge in [-0.3, -0.25) is 9.89 Å². The van der Waals surface area contributed by atoms with Crippen molar-refractivity contribution in [3.05, 3.63) is 0 Å². The van der Waals surface area contributed by atoms with Crippen molar-refractivity contribution in [2.24, 2.45) is 10.4 Å². The molecular formula is C21H41N5. The first kappa shape index (κ1) is 19.9. The van der Waals surface area contributed by atoms with Gasteiger partial charge in [-0.05, 0) is 45.1 Å². The van der Waals surface area contributed by atoms with Gasteiger partial charge in [0.25, 0.3) is 0 Å². The molecule has 1 saturated carbocycles. The molecule has 0 aromatic carbocycles. The van der Waals surface area contributed by atoms with Crippen molar-refractivity contribution >= 4 is 5.96 Å². The highest BCUT2D eigenvalue weighted by molar-refractivity contribution is 5.80. The number of aliphatic imine (C=N–C) groups is 1. The lowest BCUT2D eigenvalue weighted by Gasteiger charge is -2.44. The minimum absolute atomic E-state index is 0.565. The van der Waals surface area contributed by atoms with Crippen LogP contribution in [0.4, 0.5) is 0 Å². The first-order valence-electron chi connectivity index (χ1n) is 11.0. The molecule has 2 saturated heterocycles. The third kappa shape index (κ3) is 5.13. The van der Waals surface area contributed by atoms with Gasteiger partial charge in [-0.2, -0.15) is 0 Å². The summed E-state index contributed by atoms with van der Waals surface area (Å²) in [6.45, 7) is 10.5. The van der Waals surface area contributed by atoms with Crippen LogP contribution in [0.2, 0.25) is 0 Å². The molecule has 2 aliphatic heterocycles. The fraction of sp³-hybridized carbons (Fsp3) is 0.952. The topological polar surface area (TPSA) is 34.1 Å². The molecule has 1 aliphatic carbocycles. The Hall–Kier alpha value is -0.810. The zero-order valence-corrected chi connectivity index (χ0v) is 17.5. The molecular weight excluding hydrogens is 322 g/mol. The average molecular weight is 364 g/mol. The fourth-order valence-electron chi connectivity index (χ4n) is 5.24. The first-order valence-corrected chi connectivity index (χ1v) is 11.0. The molecule has 2 heterocycles. The van der Waals surface area contributed by atoms with Crippen molar-refractivity contribution in [3.63, 3.8) is 0 Å². The van der Waals surface area contributed by atoms with Gasteiger partial charge < -0.3 is 15.1 Å². The molecule has 3 aliphatic rings. The molecule has 150 valence electrons. The summed E-state index contributed by atoms with van der Waals surface area (Å²) in [5.41, 5.74) is 0.565. The standard InChI is InChI=1S/C21H41N5/c1-19(25-15-13-24(3)14-16-25)17-23-20(22-2)26-12-8-11-21(18-26)9-6-4-5-7-10-21/h19H,4-18H2,1-3H3,(H,22,23). The van der Waals surface area contributed by atoms with E-state index in [2.05, 4.69) is 39.0 Å². The normalized spacial score (nSPS) is 27.3. The Morgan fingerprint density at radius 3 is 2.27 bits per heavy atom. The van der Waals surface area contributed by atoms with Crippen molar-refractivity contribution in [2.75, 3.05) is 59.9 Å². The lowest BCUT2D eigenvalue weighted by Crippen LogP contribution is -2.54. The van der Waals surface area contributed by atoms with Crippen LogP contribution in [0.15, 0.2) is 4.99 Å². The summed E-state index contributed by atoms with van der Waals surface area (Å²) in [4.78, 5) is 12.2. The molecule has 5 nitrogen and oxygen atoms in total. The molecule has 1 atom stereocenters. The number of guanidine groups is 1. The van der Waals surface area contributed by atoms with Gasteiger partial charge in [-0.1, -0.05) is 25.7 Å².